The van der Waals surface area contributed by atoms with Crippen molar-refractivity contribution in [1.82, 2.24) is 14.5 Å². The average Bonchev–Trinajstić information content (AvgIpc) is 2.82. The van der Waals surface area contributed by atoms with E-state index in [9.17, 15) is 0 Å². The standard InChI is InChI=1S/C17H25N3/c1-13-4-9-17-16(10-18-20(17)11-13)15-7-5-14(6-8-15)12-19(2)3/h4,9-11,14-15H,5-8,12H2,1-3H3/t14-,15-. The zero-order valence-corrected chi connectivity index (χ0v) is 12.8. The maximum Gasteiger partial charge on any atom is 0.0696 e. The summed E-state index contributed by atoms with van der Waals surface area (Å²) < 4.78 is 2.04. The van der Waals surface area contributed by atoms with Crippen molar-refractivity contribution in [3.8, 4) is 0 Å². The molecule has 1 fully saturated rings. The van der Waals surface area contributed by atoms with Gasteiger partial charge in [0, 0.05) is 18.3 Å². The van der Waals surface area contributed by atoms with Crippen LogP contribution in [0.15, 0.2) is 24.5 Å². The predicted molar refractivity (Wildman–Crippen MR) is 83.2 cm³/mol. The Bertz CT molecular complexity index is 577. The van der Waals surface area contributed by atoms with Gasteiger partial charge in [-0.25, -0.2) is 4.52 Å². The molecule has 0 aliphatic heterocycles. The van der Waals surface area contributed by atoms with Crippen LogP contribution >= 0.6 is 0 Å². The molecular formula is C17H25N3. The highest BCUT2D eigenvalue weighted by molar-refractivity contribution is 5.55. The smallest absolute Gasteiger partial charge is 0.0696 e. The third-order valence-corrected chi connectivity index (χ3v) is 4.60. The first-order chi connectivity index (χ1) is 9.63. The molecule has 0 N–H and O–H groups in total. The molecule has 0 saturated heterocycles. The number of pyridine rings is 1. The number of aryl methyl sites for hydroxylation is 1. The van der Waals surface area contributed by atoms with E-state index in [-0.39, 0.29) is 0 Å². The third-order valence-electron chi connectivity index (χ3n) is 4.60. The molecule has 3 rings (SSSR count). The summed E-state index contributed by atoms with van der Waals surface area (Å²) in [5, 5.41) is 4.53. The van der Waals surface area contributed by atoms with E-state index >= 15 is 0 Å². The maximum absolute atomic E-state index is 4.53. The SMILES string of the molecule is Cc1ccc2c([C@H]3CC[C@H](CN(C)C)CC3)cnn2c1. The number of nitrogens with zero attached hydrogens (tertiary/aromatic N) is 3. The summed E-state index contributed by atoms with van der Waals surface area (Å²) in [5.74, 6) is 1.58. The van der Waals surface area contributed by atoms with Crippen molar-refractivity contribution in [3.05, 3.63) is 35.7 Å². The summed E-state index contributed by atoms with van der Waals surface area (Å²) in [4.78, 5) is 2.32. The molecule has 3 heteroatoms. The van der Waals surface area contributed by atoms with Crippen LogP contribution in [-0.4, -0.2) is 35.2 Å². The van der Waals surface area contributed by atoms with Crippen LogP contribution in [0.3, 0.4) is 0 Å². The number of hydrogen-bond donors (Lipinski definition) is 0. The molecule has 1 saturated carbocycles. The van der Waals surface area contributed by atoms with Crippen LogP contribution in [0.25, 0.3) is 5.52 Å². The largest absolute Gasteiger partial charge is 0.309 e. The van der Waals surface area contributed by atoms with Crippen molar-refractivity contribution in [2.75, 3.05) is 20.6 Å². The quantitative estimate of drug-likeness (QED) is 0.852. The number of hydrogen-bond acceptors (Lipinski definition) is 2. The highest BCUT2D eigenvalue weighted by Crippen LogP contribution is 2.37. The van der Waals surface area contributed by atoms with Gasteiger partial charge in [0.25, 0.3) is 0 Å². The molecule has 0 unspecified atom stereocenters. The summed E-state index contributed by atoms with van der Waals surface area (Å²) in [6.45, 7) is 3.36. The van der Waals surface area contributed by atoms with E-state index in [0.29, 0.717) is 5.92 Å². The second kappa shape index (κ2) is 5.57. The van der Waals surface area contributed by atoms with E-state index in [2.05, 4.69) is 55.5 Å². The van der Waals surface area contributed by atoms with Crippen LogP contribution in [0, 0.1) is 12.8 Å². The van der Waals surface area contributed by atoms with Crippen molar-refractivity contribution >= 4 is 5.52 Å². The predicted octanol–water partition coefficient (Wildman–Crippen LogP) is 3.48. The minimum atomic E-state index is 0.702. The lowest BCUT2D eigenvalue weighted by Crippen LogP contribution is -2.25. The highest BCUT2D eigenvalue weighted by Gasteiger charge is 2.24. The Hall–Kier alpha value is -1.35. The molecule has 0 radical (unpaired) electrons. The van der Waals surface area contributed by atoms with Crippen molar-refractivity contribution in [1.29, 1.82) is 0 Å². The van der Waals surface area contributed by atoms with E-state index in [0.717, 1.165) is 5.92 Å². The van der Waals surface area contributed by atoms with Gasteiger partial charge in [-0.1, -0.05) is 6.07 Å². The van der Waals surface area contributed by atoms with Crippen molar-refractivity contribution in [3.63, 3.8) is 0 Å². The first kappa shape index (κ1) is 13.6. The molecule has 0 bridgehead atoms. The molecule has 2 aromatic rings. The minimum Gasteiger partial charge on any atom is -0.309 e. The lowest BCUT2D eigenvalue weighted by atomic mass is 9.79. The van der Waals surface area contributed by atoms with Crippen LogP contribution in [-0.2, 0) is 0 Å². The van der Waals surface area contributed by atoms with Gasteiger partial charge in [0.15, 0.2) is 0 Å². The fourth-order valence-corrected chi connectivity index (χ4v) is 3.59. The van der Waals surface area contributed by atoms with Gasteiger partial charge >= 0.3 is 0 Å². The summed E-state index contributed by atoms with van der Waals surface area (Å²) in [6.07, 6.45) is 9.54. The molecule has 0 atom stereocenters. The van der Waals surface area contributed by atoms with Crippen LogP contribution < -0.4 is 0 Å². The second-order valence-corrected chi connectivity index (χ2v) is 6.62. The first-order valence-corrected chi connectivity index (χ1v) is 7.72. The van der Waals surface area contributed by atoms with Gasteiger partial charge in [0.1, 0.15) is 0 Å². The van der Waals surface area contributed by atoms with Gasteiger partial charge in [-0.3, -0.25) is 0 Å². The van der Waals surface area contributed by atoms with Crippen LogP contribution in [0.1, 0.15) is 42.7 Å². The van der Waals surface area contributed by atoms with E-state index in [1.807, 2.05) is 4.52 Å². The fourth-order valence-electron chi connectivity index (χ4n) is 3.59. The molecule has 0 aromatic carbocycles. The Morgan fingerprint density at radius 2 is 1.95 bits per heavy atom. The first-order valence-electron chi connectivity index (χ1n) is 7.72. The van der Waals surface area contributed by atoms with Gasteiger partial charge in [0.05, 0.1) is 11.7 Å². The molecule has 1 aliphatic carbocycles. The Morgan fingerprint density at radius 1 is 1.20 bits per heavy atom. The van der Waals surface area contributed by atoms with Crippen molar-refractivity contribution in [2.45, 2.75) is 38.5 Å². The summed E-state index contributed by atoms with van der Waals surface area (Å²) in [5.41, 5.74) is 4.02. The zero-order valence-electron chi connectivity index (χ0n) is 12.8. The molecule has 108 valence electrons. The third kappa shape index (κ3) is 2.73. The molecule has 2 aromatic heterocycles. The fraction of sp³-hybridized carbons (Fsp3) is 0.588. The Morgan fingerprint density at radius 3 is 2.65 bits per heavy atom. The number of fused-ring (bicyclic) bond motifs is 1. The lowest BCUT2D eigenvalue weighted by molar-refractivity contribution is 0.250. The van der Waals surface area contributed by atoms with Gasteiger partial charge < -0.3 is 4.90 Å². The Balaban J connectivity index is 1.73. The Kier molecular flexibility index (Phi) is 3.79. The molecular weight excluding hydrogens is 246 g/mol. The van der Waals surface area contributed by atoms with Crippen LogP contribution in [0.2, 0.25) is 0 Å². The summed E-state index contributed by atoms with van der Waals surface area (Å²) in [6, 6.07) is 4.42. The number of rotatable bonds is 3. The molecule has 3 nitrogen and oxygen atoms in total. The monoisotopic (exact) mass is 271 g/mol. The van der Waals surface area contributed by atoms with E-state index < -0.39 is 0 Å². The molecule has 0 amide bonds. The van der Waals surface area contributed by atoms with E-state index in [4.69, 9.17) is 0 Å². The van der Waals surface area contributed by atoms with Gasteiger partial charge in [-0.15, -0.1) is 0 Å². The Labute approximate surface area is 121 Å². The average molecular weight is 271 g/mol. The number of aromatic nitrogens is 2. The van der Waals surface area contributed by atoms with E-state index in [1.165, 1.54) is 48.9 Å². The molecule has 2 heterocycles. The highest BCUT2D eigenvalue weighted by atomic mass is 15.2. The van der Waals surface area contributed by atoms with Crippen LogP contribution in [0.4, 0.5) is 0 Å². The van der Waals surface area contributed by atoms with Gasteiger partial charge in [0.2, 0.25) is 0 Å². The summed E-state index contributed by atoms with van der Waals surface area (Å²) in [7, 11) is 4.36. The topological polar surface area (TPSA) is 20.5 Å². The maximum atomic E-state index is 4.53. The molecule has 0 spiro atoms. The summed E-state index contributed by atoms with van der Waals surface area (Å²) >= 11 is 0. The van der Waals surface area contributed by atoms with Crippen molar-refractivity contribution in [2.24, 2.45) is 5.92 Å². The molecule has 1 aliphatic rings. The normalized spacial score (nSPS) is 23.6. The van der Waals surface area contributed by atoms with Gasteiger partial charge in [-0.2, -0.15) is 5.10 Å². The van der Waals surface area contributed by atoms with Crippen molar-refractivity contribution < 1.29 is 0 Å². The second-order valence-electron chi connectivity index (χ2n) is 6.62. The van der Waals surface area contributed by atoms with E-state index in [1.54, 1.807) is 0 Å². The van der Waals surface area contributed by atoms with Gasteiger partial charge in [-0.05, 0) is 70.2 Å². The van der Waals surface area contributed by atoms with Crippen LogP contribution in [0.5, 0.6) is 0 Å². The molecule has 20 heavy (non-hydrogen) atoms. The zero-order chi connectivity index (χ0) is 14.1. The minimum absolute atomic E-state index is 0.702. The lowest BCUT2D eigenvalue weighted by Gasteiger charge is -2.30.